The Labute approximate surface area is 322 Å². The molecule has 55 heavy (non-hydrogen) atoms. The van der Waals surface area contributed by atoms with Crippen LogP contribution in [0.15, 0.2) is 212 Å². The lowest BCUT2D eigenvalue weighted by molar-refractivity contribution is 1.63. The van der Waals surface area contributed by atoms with E-state index in [4.69, 9.17) is 0 Å². The molecule has 0 aliphatic heterocycles. The Morgan fingerprint density at radius 1 is 0.236 bits per heavy atom. The van der Waals surface area contributed by atoms with Crippen LogP contribution in [0.2, 0.25) is 0 Å². The van der Waals surface area contributed by atoms with Crippen LogP contribution in [0.1, 0.15) is 0 Å². The predicted molar refractivity (Wildman–Crippen MR) is 240 cm³/mol. The van der Waals surface area contributed by atoms with Crippen molar-refractivity contribution in [2.24, 2.45) is 0 Å². The molecule has 0 saturated carbocycles. The summed E-state index contributed by atoms with van der Waals surface area (Å²) in [6, 6.07) is 79.0. The monoisotopic (exact) mass is 715 g/mol. The molecule has 0 saturated heterocycles. The van der Waals surface area contributed by atoms with Crippen molar-refractivity contribution < 1.29 is 0 Å². The smallest absolute Gasteiger partial charge is 0.0622 e. The standard InChI is InChI=1S/C54H35P/c1-3-12-36(13-4-1)38-22-28-42(29-23-38)55(43-30-24-39(25-31-43)37-14-5-2-6-15-37)44-32-26-40(27-33-44)51-34-41-35-52-46-17-8-7-16-45(46)49-20-11-21-50(54(49)52)53(41)48-19-10-9-18-47(48)51/h1-35H/p+1. The summed E-state index contributed by atoms with van der Waals surface area (Å²) in [4.78, 5) is 0. The van der Waals surface area contributed by atoms with E-state index < -0.39 is 7.92 Å². The summed E-state index contributed by atoms with van der Waals surface area (Å²) in [6.07, 6.45) is 0. The highest BCUT2D eigenvalue weighted by atomic mass is 31.1. The molecular formula is C54H36P+. The van der Waals surface area contributed by atoms with Crippen LogP contribution in [0.3, 0.4) is 0 Å². The molecule has 1 heteroatoms. The van der Waals surface area contributed by atoms with Crippen molar-refractivity contribution in [2.45, 2.75) is 0 Å². The second kappa shape index (κ2) is 13.1. The van der Waals surface area contributed by atoms with Gasteiger partial charge in [-0.05, 0) is 136 Å². The first-order valence-corrected chi connectivity index (χ1v) is 20.6. The highest BCUT2D eigenvalue weighted by molar-refractivity contribution is 7.79. The molecule has 0 heterocycles. The minimum Gasteiger partial charge on any atom is -0.0622 e. The van der Waals surface area contributed by atoms with Crippen molar-refractivity contribution in [1.82, 2.24) is 0 Å². The maximum atomic E-state index is 2.44. The van der Waals surface area contributed by atoms with Crippen molar-refractivity contribution in [3.63, 3.8) is 0 Å². The van der Waals surface area contributed by atoms with E-state index >= 15 is 0 Å². The highest BCUT2D eigenvalue weighted by Gasteiger charge is 2.27. The molecule has 0 aromatic heterocycles. The Kier molecular flexibility index (Phi) is 7.58. The first-order valence-electron chi connectivity index (χ1n) is 19.1. The summed E-state index contributed by atoms with van der Waals surface area (Å²) in [7, 11) is -1.30. The van der Waals surface area contributed by atoms with E-state index in [1.165, 1.54) is 104 Å². The Hall–Kier alpha value is -6.59. The third kappa shape index (κ3) is 5.33. The zero-order valence-electron chi connectivity index (χ0n) is 30.2. The Morgan fingerprint density at radius 3 is 1.24 bits per heavy atom. The van der Waals surface area contributed by atoms with E-state index in [9.17, 15) is 0 Å². The normalized spacial score (nSPS) is 11.8. The minimum atomic E-state index is -1.30. The lowest BCUT2D eigenvalue weighted by Crippen LogP contribution is -2.20. The summed E-state index contributed by atoms with van der Waals surface area (Å²) >= 11 is 0. The van der Waals surface area contributed by atoms with Gasteiger partial charge in [0.2, 0.25) is 0 Å². The number of benzene rings is 10. The fraction of sp³-hybridized carbons (Fsp3) is 0. The van der Waals surface area contributed by atoms with Gasteiger partial charge < -0.3 is 0 Å². The van der Waals surface area contributed by atoms with Crippen molar-refractivity contribution in [1.29, 1.82) is 0 Å². The molecule has 256 valence electrons. The number of hydrogen-bond donors (Lipinski definition) is 0. The van der Waals surface area contributed by atoms with Crippen molar-refractivity contribution in [3.05, 3.63) is 212 Å². The van der Waals surface area contributed by atoms with Gasteiger partial charge in [-0.3, -0.25) is 0 Å². The van der Waals surface area contributed by atoms with E-state index in [0.717, 1.165) is 0 Å². The molecule has 0 amide bonds. The summed E-state index contributed by atoms with van der Waals surface area (Å²) in [6.45, 7) is 0. The van der Waals surface area contributed by atoms with Gasteiger partial charge in [0.1, 0.15) is 15.9 Å². The lowest BCUT2D eigenvalue weighted by atomic mass is 9.89. The van der Waals surface area contributed by atoms with Crippen LogP contribution in [-0.4, -0.2) is 0 Å². The molecule has 10 aromatic carbocycles. The number of hydrogen-bond acceptors (Lipinski definition) is 0. The zero-order valence-corrected chi connectivity index (χ0v) is 31.2. The van der Waals surface area contributed by atoms with Crippen LogP contribution >= 0.6 is 7.92 Å². The average Bonchev–Trinajstić information content (AvgIpc) is 3.59. The van der Waals surface area contributed by atoms with Gasteiger partial charge in [-0.25, -0.2) is 0 Å². The molecule has 0 N–H and O–H groups in total. The minimum absolute atomic E-state index is 1.24. The van der Waals surface area contributed by atoms with Gasteiger partial charge in [0, 0.05) is 0 Å². The third-order valence-electron chi connectivity index (χ3n) is 11.5. The quantitative estimate of drug-likeness (QED) is 0.119. The average molecular weight is 716 g/mol. The van der Waals surface area contributed by atoms with Crippen molar-refractivity contribution >= 4 is 56.2 Å². The first kappa shape index (κ1) is 31.9. The Morgan fingerprint density at radius 2 is 0.655 bits per heavy atom. The summed E-state index contributed by atoms with van der Waals surface area (Å²) in [5, 5.41) is 12.1. The van der Waals surface area contributed by atoms with Crippen molar-refractivity contribution in [2.75, 3.05) is 0 Å². The van der Waals surface area contributed by atoms with E-state index in [0.29, 0.717) is 0 Å². The highest BCUT2D eigenvalue weighted by Crippen LogP contribution is 2.51. The summed E-state index contributed by atoms with van der Waals surface area (Å²) in [5.41, 5.74) is 12.8. The van der Waals surface area contributed by atoms with Crippen molar-refractivity contribution in [3.8, 4) is 55.6 Å². The molecular weight excluding hydrogens is 680 g/mol. The van der Waals surface area contributed by atoms with Crippen LogP contribution in [-0.2, 0) is 0 Å². The fourth-order valence-electron chi connectivity index (χ4n) is 8.95. The molecule has 11 rings (SSSR count). The Bertz CT molecular complexity index is 2950. The number of fused-ring (bicyclic) bond motifs is 7. The van der Waals surface area contributed by atoms with E-state index in [2.05, 4.69) is 212 Å². The third-order valence-corrected chi connectivity index (χ3v) is 14.3. The van der Waals surface area contributed by atoms with Gasteiger partial charge in [0.25, 0.3) is 0 Å². The van der Waals surface area contributed by atoms with Crippen LogP contribution < -0.4 is 15.9 Å². The maximum Gasteiger partial charge on any atom is 0.102 e. The van der Waals surface area contributed by atoms with Gasteiger partial charge in [-0.2, -0.15) is 0 Å². The van der Waals surface area contributed by atoms with Crippen LogP contribution in [0, 0.1) is 0 Å². The molecule has 1 aliphatic rings. The van der Waals surface area contributed by atoms with Crippen LogP contribution in [0.25, 0.3) is 88.0 Å². The van der Waals surface area contributed by atoms with Gasteiger partial charge in [-0.15, -0.1) is 0 Å². The van der Waals surface area contributed by atoms with Crippen LogP contribution in [0.5, 0.6) is 0 Å². The molecule has 0 fully saturated rings. The molecule has 0 nitrogen and oxygen atoms in total. The zero-order chi connectivity index (χ0) is 36.3. The topological polar surface area (TPSA) is 0 Å². The van der Waals surface area contributed by atoms with Gasteiger partial charge in [0.15, 0.2) is 0 Å². The molecule has 10 aromatic rings. The van der Waals surface area contributed by atoms with E-state index in [-0.39, 0.29) is 0 Å². The summed E-state index contributed by atoms with van der Waals surface area (Å²) in [5.74, 6) is 0. The largest absolute Gasteiger partial charge is 0.102 e. The lowest BCUT2D eigenvalue weighted by Gasteiger charge is -2.16. The molecule has 0 spiro atoms. The molecule has 0 unspecified atom stereocenters. The summed E-state index contributed by atoms with van der Waals surface area (Å²) < 4.78 is 0. The maximum absolute atomic E-state index is 2.44. The molecule has 0 atom stereocenters. The number of rotatable bonds is 6. The van der Waals surface area contributed by atoms with E-state index in [1.54, 1.807) is 0 Å². The SMILES string of the molecule is c1ccc(-c2ccc([PH+](c3ccc(-c4ccccc4)cc3)c3ccc(-c4cc5cc6c7c(cccc7c5c5ccccc45)-c4ccccc4-6)cc3)cc2)cc1. The Balaban J connectivity index is 1.04. The van der Waals surface area contributed by atoms with Gasteiger partial charge in [-0.1, -0.05) is 164 Å². The molecule has 0 radical (unpaired) electrons. The molecule has 1 aliphatic carbocycles. The first-order chi connectivity index (χ1) is 27.3. The van der Waals surface area contributed by atoms with E-state index in [1.807, 2.05) is 0 Å². The van der Waals surface area contributed by atoms with Gasteiger partial charge in [0.05, 0.1) is 7.92 Å². The second-order valence-corrected chi connectivity index (χ2v) is 17.1. The molecule has 0 bridgehead atoms. The fourth-order valence-corrected chi connectivity index (χ4v) is 11.5. The predicted octanol–water partition coefficient (Wildman–Crippen LogP) is 13.3. The second-order valence-electron chi connectivity index (χ2n) is 14.6. The van der Waals surface area contributed by atoms with Crippen LogP contribution in [0.4, 0.5) is 0 Å². The van der Waals surface area contributed by atoms with Gasteiger partial charge >= 0.3 is 0 Å².